The Morgan fingerprint density at radius 2 is 1.63 bits per heavy atom. The first-order valence-electron chi connectivity index (χ1n) is 18.9. The Balaban J connectivity index is 1.11. The Kier molecular flexibility index (Phi) is 13.2. The van der Waals surface area contributed by atoms with Crippen LogP contribution in [0.2, 0.25) is 10.0 Å². The van der Waals surface area contributed by atoms with Gasteiger partial charge in [0.25, 0.3) is 5.91 Å². The number of piperidine rings is 3. The first-order valence-corrected chi connectivity index (χ1v) is 22.1. The molecule has 1 unspecified atom stereocenters. The summed E-state index contributed by atoms with van der Waals surface area (Å²) in [6.07, 6.45) is 2.71. The number of ether oxygens (including phenoxy) is 4. The zero-order valence-corrected chi connectivity index (χ0v) is 35.3. The molecule has 4 aromatic rings. The van der Waals surface area contributed by atoms with Gasteiger partial charge in [-0.2, -0.15) is 9.04 Å². The summed E-state index contributed by atoms with van der Waals surface area (Å²) in [5, 5.41) is 13.5. The summed E-state index contributed by atoms with van der Waals surface area (Å²) in [4.78, 5) is 43.6. The smallest absolute Gasteiger partial charge is 0.335 e. The molecule has 0 radical (unpaired) electrons. The maximum absolute atomic E-state index is 14.3. The molecule has 4 aliphatic rings. The number of methoxy groups -OCH3 is 2. The highest BCUT2D eigenvalue weighted by atomic mass is 35.5. The molecule has 0 saturated carbocycles. The third kappa shape index (κ3) is 9.42. The van der Waals surface area contributed by atoms with Gasteiger partial charge in [0.15, 0.2) is 35.3 Å². The van der Waals surface area contributed by atoms with Crippen LogP contribution in [0.3, 0.4) is 0 Å². The summed E-state index contributed by atoms with van der Waals surface area (Å²) < 4.78 is 53.0. The molecular weight excluding hydrogens is 844 g/mol. The molecule has 0 aliphatic carbocycles. The van der Waals surface area contributed by atoms with Crippen LogP contribution >= 0.6 is 35.0 Å². The molecule has 312 valence electrons. The minimum absolute atomic E-state index is 0.0156. The predicted octanol–water partition coefficient (Wildman–Crippen LogP) is 5.34. The maximum Gasteiger partial charge on any atom is 0.335 e. The van der Waals surface area contributed by atoms with E-state index in [0.717, 1.165) is 54.4 Å². The topological polar surface area (TPSA) is 168 Å². The molecule has 3 aromatic carbocycles. The summed E-state index contributed by atoms with van der Waals surface area (Å²) in [6.45, 7) is 2.56. The van der Waals surface area contributed by atoms with Gasteiger partial charge in [0.1, 0.15) is 22.3 Å². The number of fused-ring (bicyclic) bond motifs is 3. The zero-order chi connectivity index (χ0) is 41.8. The first-order chi connectivity index (χ1) is 28.4. The Bertz CT molecular complexity index is 2290. The second-order valence-corrected chi connectivity index (χ2v) is 18.2. The van der Waals surface area contributed by atoms with E-state index >= 15 is 0 Å². The second-order valence-electron chi connectivity index (χ2n) is 14.3. The number of nitrogens with one attached hydrogen (secondary N) is 1. The summed E-state index contributed by atoms with van der Waals surface area (Å²) in [7, 11) is -1.46. The van der Waals surface area contributed by atoms with Crippen LogP contribution in [0.1, 0.15) is 52.0 Å². The summed E-state index contributed by atoms with van der Waals surface area (Å²) in [6, 6.07) is 17.9. The normalized spacial score (nSPS) is 21.3. The summed E-state index contributed by atoms with van der Waals surface area (Å²) in [5.41, 5.74) is 1.29. The number of carbonyl (C=O) groups is 3. The van der Waals surface area contributed by atoms with Gasteiger partial charge in [0.05, 0.1) is 19.1 Å². The van der Waals surface area contributed by atoms with Gasteiger partial charge in [-0.15, -0.1) is 11.8 Å². The van der Waals surface area contributed by atoms with E-state index in [1.807, 2.05) is 0 Å². The molecule has 4 aliphatic heterocycles. The van der Waals surface area contributed by atoms with Crippen LogP contribution in [0.25, 0.3) is 0 Å². The van der Waals surface area contributed by atoms with Gasteiger partial charge < -0.3 is 29.5 Å². The Morgan fingerprint density at radius 1 is 0.915 bits per heavy atom. The number of benzene rings is 3. The number of carbonyl (C=O) groups excluding carboxylic acids is 3. The van der Waals surface area contributed by atoms with Crippen molar-refractivity contribution >= 4 is 62.8 Å². The number of thioether (sulfide) groups is 1. The molecule has 1 amide bonds. The number of esters is 2. The van der Waals surface area contributed by atoms with E-state index in [2.05, 4.69) is 10.2 Å². The van der Waals surface area contributed by atoms with Crippen molar-refractivity contribution in [3.8, 4) is 11.5 Å². The van der Waals surface area contributed by atoms with Crippen LogP contribution in [0.15, 0.2) is 90.1 Å². The summed E-state index contributed by atoms with van der Waals surface area (Å²) in [5.74, 6) is -0.846. The molecule has 1 N–H and O–H groups in total. The van der Waals surface area contributed by atoms with Crippen molar-refractivity contribution in [2.75, 3.05) is 46.2 Å². The monoisotopic (exact) mass is 884 g/mol. The number of halogens is 2. The summed E-state index contributed by atoms with van der Waals surface area (Å²) >= 11 is 13.9. The number of amides is 1. The van der Waals surface area contributed by atoms with Crippen molar-refractivity contribution in [3.63, 3.8) is 0 Å². The van der Waals surface area contributed by atoms with Crippen LogP contribution in [-0.4, -0.2) is 93.1 Å². The predicted molar refractivity (Wildman–Crippen MR) is 220 cm³/mol. The number of hydrogen-bond donors (Lipinski definition) is 1. The van der Waals surface area contributed by atoms with Crippen LogP contribution in [0.5, 0.6) is 11.5 Å². The molecule has 59 heavy (non-hydrogen) atoms. The molecule has 0 spiro atoms. The second kappa shape index (κ2) is 18.4. The molecule has 4 saturated heterocycles. The molecular formula is C41H42Cl2N4O10S2. The van der Waals surface area contributed by atoms with Crippen molar-refractivity contribution in [2.45, 2.75) is 47.8 Å². The van der Waals surface area contributed by atoms with E-state index in [1.165, 1.54) is 38.5 Å². The molecule has 2 bridgehead atoms. The largest absolute Gasteiger partial charge is 0.619 e. The fourth-order valence-corrected chi connectivity index (χ4v) is 11.3. The molecule has 1 aromatic heterocycles. The van der Waals surface area contributed by atoms with Gasteiger partial charge in [0.2, 0.25) is 10.0 Å². The van der Waals surface area contributed by atoms with Gasteiger partial charge in [-0.3, -0.25) is 9.69 Å². The lowest BCUT2D eigenvalue weighted by Gasteiger charge is -2.44. The average Bonchev–Trinajstić information content (AvgIpc) is 3.76. The fraction of sp³-hybridized carbons (Fsp3) is 0.366. The minimum atomic E-state index is -4.39. The van der Waals surface area contributed by atoms with Crippen LogP contribution < -0.4 is 19.5 Å². The lowest BCUT2D eigenvalue weighted by atomic mass is 9.86. The lowest BCUT2D eigenvalue weighted by Crippen LogP contribution is -2.52. The van der Waals surface area contributed by atoms with Gasteiger partial charge in [0, 0.05) is 36.4 Å². The van der Waals surface area contributed by atoms with Gasteiger partial charge in [-0.05, 0) is 73.3 Å². The molecule has 5 heterocycles. The zero-order valence-electron chi connectivity index (χ0n) is 32.1. The molecule has 14 nitrogen and oxygen atoms in total. The standard InChI is InChI=1S/C41H42Cl2N4O10S2/c1-54-33-12-11-27(20-35(33)55-2)34(21-30-31(42)22-46(51)23-32(30)43)56-41(50)39-47(17-18-58-39)59(52,53)29-10-6-9-28(19-29)38(48)44-37(26-7-4-3-5-8-26)40(49)57-36-24-45-15-13-25(36)14-16-45/h3-12,19-20,22-23,25,34,36-37,39H,13-18,21,24H2,1-2H3,(H,44,48)/t34-,36+,37?,39-/m0/s1. The van der Waals surface area contributed by atoms with E-state index in [4.69, 9.17) is 42.1 Å². The average molecular weight is 886 g/mol. The minimum Gasteiger partial charge on any atom is -0.619 e. The quantitative estimate of drug-likeness (QED) is 0.0983. The molecule has 4 fully saturated rings. The first kappa shape index (κ1) is 42.5. The molecule has 8 rings (SSSR count). The van der Waals surface area contributed by atoms with Gasteiger partial charge in [-0.1, -0.05) is 65.7 Å². The Morgan fingerprint density at radius 3 is 2.29 bits per heavy atom. The highest BCUT2D eigenvalue weighted by molar-refractivity contribution is 8.02. The van der Waals surface area contributed by atoms with Gasteiger partial charge >= 0.3 is 11.9 Å². The lowest BCUT2D eigenvalue weighted by molar-refractivity contribution is -0.605. The van der Waals surface area contributed by atoms with E-state index in [0.29, 0.717) is 39.5 Å². The van der Waals surface area contributed by atoms with Crippen molar-refractivity contribution in [3.05, 3.63) is 123 Å². The molecule has 4 atom stereocenters. The van der Waals surface area contributed by atoms with E-state index < -0.39 is 45.4 Å². The van der Waals surface area contributed by atoms with Crippen molar-refractivity contribution in [1.82, 2.24) is 14.5 Å². The molecule has 18 heteroatoms. The van der Waals surface area contributed by atoms with E-state index in [-0.39, 0.29) is 51.2 Å². The number of pyridine rings is 1. The Hall–Kier alpha value is -4.58. The highest BCUT2D eigenvalue weighted by Crippen LogP contribution is 2.38. The maximum atomic E-state index is 14.3. The van der Waals surface area contributed by atoms with Crippen molar-refractivity contribution in [2.24, 2.45) is 5.92 Å². The van der Waals surface area contributed by atoms with Gasteiger partial charge in [-0.25, -0.2) is 18.0 Å². The third-order valence-corrected chi connectivity index (χ3v) is 14.6. The van der Waals surface area contributed by atoms with Crippen LogP contribution in [-0.2, 0) is 35.5 Å². The van der Waals surface area contributed by atoms with E-state index in [1.54, 1.807) is 48.5 Å². The van der Waals surface area contributed by atoms with Crippen molar-refractivity contribution in [1.29, 1.82) is 0 Å². The number of sulfonamides is 1. The third-order valence-electron chi connectivity index (χ3n) is 10.7. The Labute approximate surface area is 356 Å². The van der Waals surface area contributed by atoms with Crippen LogP contribution in [0, 0.1) is 11.1 Å². The van der Waals surface area contributed by atoms with Crippen LogP contribution in [0.4, 0.5) is 0 Å². The number of nitrogens with zero attached hydrogens (tertiary/aromatic N) is 3. The number of aromatic nitrogens is 1. The highest BCUT2D eigenvalue weighted by Gasteiger charge is 2.43. The number of hydrogen-bond acceptors (Lipinski definition) is 12. The SMILES string of the molecule is COc1ccc([C@H](Cc2c(Cl)c[n+]([O-])cc2Cl)OC(=O)[C@@H]2SCCN2S(=O)(=O)c2cccc(C(=O)NC(C(=O)O[C@@H]3CN4CCC3CC4)c3ccccc3)c2)cc1OC. The number of rotatable bonds is 14. The fourth-order valence-electron chi connectivity index (χ4n) is 7.61. The van der Waals surface area contributed by atoms with E-state index in [9.17, 15) is 28.0 Å². The van der Waals surface area contributed by atoms with Crippen molar-refractivity contribution < 1.29 is 46.5 Å².